The van der Waals surface area contributed by atoms with Crippen molar-refractivity contribution in [2.75, 3.05) is 0 Å². The Morgan fingerprint density at radius 3 is 2.21 bits per heavy atom. The first kappa shape index (κ1) is 14.1. The highest BCUT2D eigenvalue weighted by Gasteiger charge is 2.60. The lowest BCUT2D eigenvalue weighted by atomic mass is 10.0. The molecule has 0 amide bonds. The third-order valence-corrected chi connectivity index (χ3v) is 2.92. The van der Waals surface area contributed by atoms with E-state index in [1.165, 1.54) is 0 Å². The third kappa shape index (κ3) is 2.67. The molecule has 1 aromatic heterocycles. The predicted octanol–water partition coefficient (Wildman–Crippen LogP) is 1.76. The molecular formula is C9H10F6N4. The highest BCUT2D eigenvalue weighted by Crippen LogP contribution is 2.46. The zero-order valence-corrected chi connectivity index (χ0v) is 9.46. The van der Waals surface area contributed by atoms with Gasteiger partial charge >= 0.3 is 12.4 Å². The number of aryl methyl sites for hydroxylation is 1. The van der Waals surface area contributed by atoms with Crippen LogP contribution >= 0.6 is 0 Å². The summed E-state index contributed by atoms with van der Waals surface area (Å²) in [5, 5.41) is 6.48. The third-order valence-electron chi connectivity index (χ3n) is 2.92. The van der Waals surface area contributed by atoms with Gasteiger partial charge in [-0.15, -0.1) is 10.2 Å². The Balaban J connectivity index is 2.47. The van der Waals surface area contributed by atoms with E-state index in [0.717, 1.165) is 4.57 Å². The molecule has 0 aliphatic carbocycles. The van der Waals surface area contributed by atoms with E-state index in [1.807, 2.05) is 0 Å². The number of rotatable bonds is 1. The number of nitrogens with two attached hydrogens (primary N) is 1. The number of hydrogen-bond acceptors (Lipinski definition) is 3. The van der Waals surface area contributed by atoms with Crippen LogP contribution in [0, 0.1) is 0 Å². The molecule has 2 N–H and O–H groups in total. The Kier molecular flexibility index (Phi) is 3.23. The highest BCUT2D eigenvalue weighted by atomic mass is 19.4. The second-order valence-electron chi connectivity index (χ2n) is 4.40. The van der Waals surface area contributed by atoms with E-state index in [0.29, 0.717) is 6.42 Å². The van der Waals surface area contributed by atoms with E-state index in [-0.39, 0.29) is 18.8 Å². The molecule has 0 saturated heterocycles. The molecule has 0 fully saturated rings. The van der Waals surface area contributed by atoms with Crippen LogP contribution in [0.2, 0.25) is 0 Å². The Morgan fingerprint density at radius 2 is 1.68 bits per heavy atom. The summed E-state index contributed by atoms with van der Waals surface area (Å²) in [5.74, 6) is -4.66. The molecule has 0 bridgehead atoms. The van der Waals surface area contributed by atoms with Gasteiger partial charge in [-0.2, -0.15) is 26.3 Å². The van der Waals surface area contributed by atoms with Gasteiger partial charge in [0.15, 0.2) is 5.82 Å². The second kappa shape index (κ2) is 4.36. The first-order valence-corrected chi connectivity index (χ1v) is 5.41. The van der Waals surface area contributed by atoms with Crippen LogP contribution in [0.3, 0.4) is 0 Å². The van der Waals surface area contributed by atoms with Gasteiger partial charge in [-0.3, -0.25) is 0 Å². The van der Waals surface area contributed by atoms with Gasteiger partial charge in [0, 0.05) is 19.0 Å². The fourth-order valence-electron chi connectivity index (χ4n) is 2.07. The summed E-state index contributed by atoms with van der Waals surface area (Å²) < 4.78 is 76.5. The van der Waals surface area contributed by atoms with Crippen molar-refractivity contribution >= 4 is 0 Å². The van der Waals surface area contributed by atoms with Crippen LogP contribution in [0.15, 0.2) is 0 Å². The Morgan fingerprint density at radius 1 is 1.11 bits per heavy atom. The van der Waals surface area contributed by atoms with E-state index in [4.69, 9.17) is 5.73 Å². The van der Waals surface area contributed by atoms with Crippen LogP contribution in [0.4, 0.5) is 26.3 Å². The minimum atomic E-state index is -5.47. The number of fused-ring (bicyclic) bond motifs is 1. The van der Waals surface area contributed by atoms with Gasteiger partial charge in [0.05, 0.1) is 0 Å². The molecular weight excluding hydrogens is 278 g/mol. The van der Waals surface area contributed by atoms with Crippen LogP contribution in [0.25, 0.3) is 0 Å². The summed E-state index contributed by atoms with van der Waals surface area (Å²) in [7, 11) is 0. The fraction of sp³-hybridized carbons (Fsp3) is 0.778. The molecule has 0 aromatic carbocycles. The minimum Gasteiger partial charge on any atom is -0.326 e. The number of alkyl halides is 6. The summed E-state index contributed by atoms with van der Waals surface area (Å²) in [6, 6.07) is -0.496. The van der Waals surface area contributed by atoms with Gasteiger partial charge in [0.25, 0.3) is 0 Å². The average molecular weight is 288 g/mol. The van der Waals surface area contributed by atoms with Gasteiger partial charge in [-0.05, 0) is 6.42 Å². The van der Waals surface area contributed by atoms with Crippen LogP contribution in [-0.4, -0.2) is 33.2 Å². The summed E-state index contributed by atoms with van der Waals surface area (Å²) in [6.45, 7) is -0.139. The molecule has 1 unspecified atom stereocenters. The number of nitrogens with zero attached hydrogens (tertiary/aromatic N) is 3. The Bertz CT molecular complexity index is 448. The lowest BCUT2D eigenvalue weighted by molar-refractivity contribution is -0.256. The second-order valence-corrected chi connectivity index (χ2v) is 4.40. The summed E-state index contributed by atoms with van der Waals surface area (Å²) in [4.78, 5) is 0. The van der Waals surface area contributed by atoms with Gasteiger partial charge in [0.1, 0.15) is 5.82 Å². The van der Waals surface area contributed by atoms with Gasteiger partial charge in [0.2, 0.25) is 5.92 Å². The average Bonchev–Trinajstić information content (AvgIpc) is 2.57. The molecule has 2 heterocycles. The summed E-state index contributed by atoms with van der Waals surface area (Å²) in [6.07, 6.45) is -10.3. The van der Waals surface area contributed by atoms with E-state index in [9.17, 15) is 26.3 Å². The van der Waals surface area contributed by atoms with E-state index in [1.54, 1.807) is 0 Å². The maximum Gasteiger partial charge on any atom is 0.407 e. The number of halogens is 6. The lowest BCUT2D eigenvalue weighted by Gasteiger charge is -2.26. The van der Waals surface area contributed by atoms with Crippen molar-refractivity contribution in [2.24, 2.45) is 5.73 Å². The van der Waals surface area contributed by atoms with Gasteiger partial charge in [-0.25, -0.2) is 0 Å². The minimum absolute atomic E-state index is 0.107. The van der Waals surface area contributed by atoms with Crippen LogP contribution in [0.1, 0.15) is 24.0 Å². The first-order valence-electron chi connectivity index (χ1n) is 5.41. The van der Waals surface area contributed by atoms with E-state index in [2.05, 4.69) is 10.2 Å². The standard InChI is InChI=1S/C9H10F6N4/c10-8(11,12)6(9(13,14)15)7-18-17-5-2-1-4(16)3-19(5)7/h4,6H,1-3,16H2. The molecule has 0 saturated carbocycles. The monoisotopic (exact) mass is 288 g/mol. The molecule has 0 spiro atoms. The van der Waals surface area contributed by atoms with E-state index >= 15 is 0 Å². The lowest BCUT2D eigenvalue weighted by Crippen LogP contribution is -2.39. The first-order chi connectivity index (χ1) is 8.60. The normalized spacial score (nSPS) is 20.7. The smallest absolute Gasteiger partial charge is 0.326 e. The molecule has 1 atom stereocenters. The van der Waals surface area contributed by atoms with Crippen molar-refractivity contribution in [1.82, 2.24) is 14.8 Å². The topological polar surface area (TPSA) is 56.7 Å². The van der Waals surface area contributed by atoms with Crippen molar-refractivity contribution in [3.05, 3.63) is 11.6 Å². The quantitative estimate of drug-likeness (QED) is 0.801. The zero-order chi connectivity index (χ0) is 14.4. The molecule has 1 aliphatic heterocycles. The zero-order valence-electron chi connectivity index (χ0n) is 9.46. The Hall–Kier alpha value is -1.32. The highest BCUT2D eigenvalue weighted by molar-refractivity contribution is 5.10. The molecule has 1 aliphatic rings. The SMILES string of the molecule is NC1CCc2nnc(C(C(F)(F)F)C(F)(F)F)n2C1. The molecule has 19 heavy (non-hydrogen) atoms. The Labute approximate surface area is 103 Å². The molecule has 108 valence electrons. The van der Waals surface area contributed by atoms with Crippen LogP contribution in [0.5, 0.6) is 0 Å². The number of hydrogen-bond donors (Lipinski definition) is 1. The van der Waals surface area contributed by atoms with E-state index < -0.39 is 30.1 Å². The van der Waals surface area contributed by atoms with Crippen molar-refractivity contribution < 1.29 is 26.3 Å². The van der Waals surface area contributed by atoms with Crippen molar-refractivity contribution in [3.8, 4) is 0 Å². The van der Waals surface area contributed by atoms with Crippen molar-refractivity contribution in [3.63, 3.8) is 0 Å². The van der Waals surface area contributed by atoms with Crippen molar-refractivity contribution in [1.29, 1.82) is 0 Å². The molecule has 1 aromatic rings. The fourth-order valence-corrected chi connectivity index (χ4v) is 2.07. The maximum absolute atomic E-state index is 12.6. The van der Waals surface area contributed by atoms with Crippen LogP contribution in [-0.2, 0) is 13.0 Å². The largest absolute Gasteiger partial charge is 0.407 e. The van der Waals surface area contributed by atoms with Crippen molar-refractivity contribution in [2.45, 2.75) is 43.7 Å². The summed E-state index contributed by atoms with van der Waals surface area (Å²) in [5.41, 5.74) is 5.56. The molecule has 0 radical (unpaired) electrons. The summed E-state index contributed by atoms with van der Waals surface area (Å²) >= 11 is 0. The molecule has 2 rings (SSSR count). The van der Waals surface area contributed by atoms with Crippen LogP contribution < -0.4 is 5.73 Å². The predicted molar refractivity (Wildman–Crippen MR) is 51.2 cm³/mol. The number of aromatic nitrogens is 3. The molecule has 4 nitrogen and oxygen atoms in total. The van der Waals surface area contributed by atoms with Gasteiger partial charge in [-0.1, -0.05) is 0 Å². The maximum atomic E-state index is 12.6. The molecule has 10 heteroatoms. The van der Waals surface area contributed by atoms with Gasteiger partial charge < -0.3 is 10.3 Å².